The number of imide groups is 1. The van der Waals surface area contributed by atoms with Gasteiger partial charge in [0.25, 0.3) is 11.8 Å². The van der Waals surface area contributed by atoms with Gasteiger partial charge < -0.3 is 9.73 Å². The Morgan fingerprint density at radius 1 is 0.862 bits per heavy atom. The van der Waals surface area contributed by atoms with Gasteiger partial charge in [-0.15, -0.1) is 0 Å². The highest BCUT2D eigenvalue weighted by Gasteiger charge is 2.34. The molecule has 29 heavy (non-hydrogen) atoms. The average Bonchev–Trinajstić information content (AvgIpc) is 3.34. The summed E-state index contributed by atoms with van der Waals surface area (Å²) in [6, 6.07) is 17.9. The van der Waals surface area contributed by atoms with Gasteiger partial charge in [-0.05, 0) is 48.4 Å². The normalized spacial score (nSPS) is 12.9. The van der Waals surface area contributed by atoms with Crippen LogP contribution in [0.2, 0.25) is 0 Å². The molecule has 1 aliphatic heterocycles. The third-order valence-electron chi connectivity index (χ3n) is 4.92. The van der Waals surface area contributed by atoms with Crippen molar-refractivity contribution in [2.75, 3.05) is 11.9 Å². The van der Waals surface area contributed by atoms with Gasteiger partial charge >= 0.3 is 0 Å². The number of hydrogen-bond donors (Lipinski definition) is 1. The molecule has 0 bridgehead atoms. The van der Waals surface area contributed by atoms with Crippen LogP contribution in [-0.4, -0.2) is 29.2 Å². The third-order valence-corrected chi connectivity index (χ3v) is 4.92. The molecule has 0 saturated carbocycles. The van der Waals surface area contributed by atoms with Crippen molar-refractivity contribution in [3.05, 3.63) is 89.4 Å². The first kappa shape index (κ1) is 18.7. The third kappa shape index (κ3) is 4.11. The maximum Gasteiger partial charge on any atom is 0.261 e. The smallest absolute Gasteiger partial charge is 0.261 e. The molecule has 2 heterocycles. The van der Waals surface area contributed by atoms with Gasteiger partial charge in [0.2, 0.25) is 5.91 Å². The number of rotatable bonds is 7. The highest BCUT2D eigenvalue weighted by molar-refractivity contribution is 6.21. The number of amides is 3. The van der Waals surface area contributed by atoms with Crippen LogP contribution in [0.4, 0.5) is 5.69 Å². The molecule has 3 aromatic rings. The van der Waals surface area contributed by atoms with Crippen molar-refractivity contribution in [3.8, 4) is 0 Å². The lowest BCUT2D eigenvalue weighted by Crippen LogP contribution is -2.31. The molecular formula is C23H20N2O4. The second kappa shape index (κ2) is 8.14. The number of carbonyl (C=O) groups excluding carboxylic acids is 3. The molecule has 1 N–H and O–H groups in total. The Bertz CT molecular complexity index is 1000. The first-order valence-corrected chi connectivity index (χ1v) is 9.48. The lowest BCUT2D eigenvalue weighted by atomic mass is 10.1. The van der Waals surface area contributed by atoms with Crippen LogP contribution >= 0.6 is 0 Å². The summed E-state index contributed by atoms with van der Waals surface area (Å²) in [5.74, 6) is 0.209. The molecular weight excluding hydrogens is 368 g/mol. The van der Waals surface area contributed by atoms with Gasteiger partial charge in [0.15, 0.2) is 0 Å². The summed E-state index contributed by atoms with van der Waals surface area (Å²) in [6.45, 7) is 0.321. The van der Waals surface area contributed by atoms with E-state index in [4.69, 9.17) is 4.42 Å². The summed E-state index contributed by atoms with van der Waals surface area (Å²) in [4.78, 5) is 38.1. The van der Waals surface area contributed by atoms with E-state index < -0.39 is 0 Å². The Balaban J connectivity index is 1.29. The summed E-state index contributed by atoms with van der Waals surface area (Å²) >= 11 is 0. The minimum absolute atomic E-state index is 0.0832. The van der Waals surface area contributed by atoms with Crippen LogP contribution < -0.4 is 5.32 Å². The predicted octanol–water partition coefficient (Wildman–Crippen LogP) is 3.69. The summed E-state index contributed by atoms with van der Waals surface area (Å²) in [7, 11) is 0. The maximum atomic E-state index is 12.4. The van der Waals surface area contributed by atoms with Gasteiger partial charge in [0.05, 0.1) is 17.4 Å². The molecule has 1 aromatic heterocycles. The van der Waals surface area contributed by atoms with E-state index in [0.717, 1.165) is 11.3 Å². The molecule has 1 aliphatic rings. The largest absolute Gasteiger partial charge is 0.469 e. The van der Waals surface area contributed by atoms with Gasteiger partial charge in [-0.25, -0.2) is 0 Å². The van der Waals surface area contributed by atoms with Crippen molar-refractivity contribution in [1.82, 2.24) is 4.90 Å². The minimum atomic E-state index is -0.244. The van der Waals surface area contributed by atoms with E-state index in [-0.39, 0.29) is 17.7 Å². The van der Waals surface area contributed by atoms with Crippen molar-refractivity contribution in [3.63, 3.8) is 0 Å². The van der Waals surface area contributed by atoms with E-state index >= 15 is 0 Å². The molecule has 2 aromatic carbocycles. The molecule has 0 radical (unpaired) electrons. The van der Waals surface area contributed by atoms with Crippen LogP contribution in [0.5, 0.6) is 0 Å². The van der Waals surface area contributed by atoms with Crippen LogP contribution in [0.25, 0.3) is 0 Å². The zero-order valence-corrected chi connectivity index (χ0v) is 15.8. The van der Waals surface area contributed by atoms with Crippen LogP contribution in [0.15, 0.2) is 71.3 Å². The molecule has 6 heteroatoms. The minimum Gasteiger partial charge on any atom is -0.469 e. The van der Waals surface area contributed by atoms with Gasteiger partial charge in [-0.2, -0.15) is 0 Å². The summed E-state index contributed by atoms with van der Waals surface area (Å²) < 4.78 is 5.22. The molecule has 0 fully saturated rings. The highest BCUT2D eigenvalue weighted by Crippen LogP contribution is 2.22. The van der Waals surface area contributed by atoms with E-state index in [0.29, 0.717) is 42.6 Å². The molecule has 0 atom stereocenters. The second-order valence-electron chi connectivity index (χ2n) is 6.88. The highest BCUT2D eigenvalue weighted by atomic mass is 16.3. The summed E-state index contributed by atoms with van der Waals surface area (Å²) in [5.41, 5.74) is 2.62. The van der Waals surface area contributed by atoms with Crippen molar-refractivity contribution in [1.29, 1.82) is 0 Å². The topological polar surface area (TPSA) is 79.6 Å². The Kier molecular flexibility index (Phi) is 5.24. The van der Waals surface area contributed by atoms with E-state index in [1.807, 2.05) is 30.3 Å². The zero-order valence-electron chi connectivity index (χ0n) is 15.8. The van der Waals surface area contributed by atoms with Crippen LogP contribution in [0.3, 0.4) is 0 Å². The lowest BCUT2D eigenvalue weighted by Gasteiger charge is -2.14. The Labute approximate surface area is 168 Å². The molecule has 0 saturated heterocycles. The predicted molar refractivity (Wildman–Crippen MR) is 108 cm³/mol. The van der Waals surface area contributed by atoms with Crippen molar-refractivity contribution in [2.24, 2.45) is 0 Å². The van der Waals surface area contributed by atoms with Gasteiger partial charge in [0.1, 0.15) is 5.76 Å². The number of benzene rings is 2. The number of anilines is 1. The van der Waals surface area contributed by atoms with Crippen molar-refractivity contribution >= 4 is 23.4 Å². The Hall–Kier alpha value is -3.67. The number of nitrogens with one attached hydrogen (secondary N) is 1. The summed E-state index contributed by atoms with van der Waals surface area (Å²) in [5, 5.41) is 2.86. The number of fused-ring (bicyclic) bond motifs is 1. The van der Waals surface area contributed by atoms with Crippen molar-refractivity contribution < 1.29 is 18.8 Å². The van der Waals surface area contributed by atoms with Gasteiger partial charge in [-0.3, -0.25) is 19.3 Å². The Morgan fingerprint density at radius 3 is 2.17 bits per heavy atom. The second-order valence-corrected chi connectivity index (χ2v) is 6.88. The van der Waals surface area contributed by atoms with Crippen LogP contribution in [-0.2, 0) is 17.6 Å². The zero-order chi connectivity index (χ0) is 20.2. The van der Waals surface area contributed by atoms with Crippen LogP contribution in [0.1, 0.15) is 38.5 Å². The molecule has 6 nitrogen and oxygen atoms in total. The lowest BCUT2D eigenvalue weighted by molar-refractivity contribution is -0.116. The van der Waals surface area contributed by atoms with E-state index in [1.165, 1.54) is 4.90 Å². The fourth-order valence-electron chi connectivity index (χ4n) is 3.35. The first-order chi connectivity index (χ1) is 14.1. The molecule has 0 spiro atoms. The van der Waals surface area contributed by atoms with Crippen molar-refractivity contribution in [2.45, 2.75) is 19.3 Å². The quantitative estimate of drug-likeness (QED) is 0.626. The molecule has 0 aliphatic carbocycles. The fraction of sp³-hybridized carbons (Fsp3) is 0.174. The maximum absolute atomic E-state index is 12.4. The SMILES string of the molecule is O=C(CCc1ccco1)Nc1ccc(CCN2C(=O)c3ccccc3C2=O)cc1. The van der Waals surface area contributed by atoms with Crippen LogP contribution in [0, 0.1) is 0 Å². The monoisotopic (exact) mass is 388 g/mol. The number of carbonyl (C=O) groups is 3. The van der Waals surface area contributed by atoms with E-state index in [9.17, 15) is 14.4 Å². The molecule has 0 unspecified atom stereocenters. The van der Waals surface area contributed by atoms with E-state index in [1.54, 1.807) is 36.6 Å². The Morgan fingerprint density at radius 2 is 1.55 bits per heavy atom. The molecule has 4 rings (SSSR count). The van der Waals surface area contributed by atoms with E-state index in [2.05, 4.69) is 5.32 Å². The average molecular weight is 388 g/mol. The fourth-order valence-corrected chi connectivity index (χ4v) is 3.35. The number of aryl methyl sites for hydroxylation is 1. The molecule has 3 amide bonds. The standard InChI is InChI=1S/C23H20N2O4/c26-21(12-11-18-4-3-15-29-18)24-17-9-7-16(8-10-17)13-14-25-22(27)19-5-1-2-6-20(19)23(25)28/h1-10,15H,11-14H2,(H,24,26). The number of hydrogen-bond acceptors (Lipinski definition) is 4. The van der Waals surface area contributed by atoms with Gasteiger partial charge in [0, 0.05) is 25.1 Å². The van der Waals surface area contributed by atoms with Gasteiger partial charge in [-0.1, -0.05) is 24.3 Å². The molecule has 146 valence electrons. The number of furan rings is 1. The summed E-state index contributed by atoms with van der Waals surface area (Å²) in [6.07, 6.45) is 3.04. The first-order valence-electron chi connectivity index (χ1n) is 9.48. The number of nitrogens with zero attached hydrogens (tertiary/aromatic N) is 1.